The first-order chi connectivity index (χ1) is 10.2. The van der Waals surface area contributed by atoms with Gasteiger partial charge in [0.25, 0.3) is 0 Å². The van der Waals surface area contributed by atoms with Gasteiger partial charge in [0.1, 0.15) is 5.03 Å². The van der Waals surface area contributed by atoms with E-state index in [0.717, 1.165) is 31.0 Å². The lowest BCUT2D eigenvalue weighted by Gasteiger charge is -2.16. The number of nitrogens with one attached hydrogen (secondary N) is 1. The van der Waals surface area contributed by atoms with Crippen LogP contribution in [-0.2, 0) is 0 Å². The second-order valence-corrected chi connectivity index (χ2v) is 5.92. The number of nitrogens with two attached hydrogens (primary N) is 1. The van der Waals surface area contributed by atoms with Gasteiger partial charge in [0, 0.05) is 19.3 Å². The highest BCUT2D eigenvalue weighted by Crippen LogP contribution is 2.26. The molecule has 3 N–H and O–H groups in total. The summed E-state index contributed by atoms with van der Waals surface area (Å²) < 4.78 is 0. The van der Waals surface area contributed by atoms with Gasteiger partial charge < -0.3 is 4.90 Å². The summed E-state index contributed by atoms with van der Waals surface area (Å²) in [7, 11) is 0. The van der Waals surface area contributed by atoms with Crippen LogP contribution >= 0.6 is 23.4 Å². The van der Waals surface area contributed by atoms with Crippen LogP contribution in [-0.4, -0.2) is 33.0 Å². The van der Waals surface area contributed by atoms with E-state index in [1.54, 1.807) is 12.3 Å². The minimum absolute atomic E-state index is 0.350. The van der Waals surface area contributed by atoms with Crippen molar-refractivity contribution in [3.05, 3.63) is 23.4 Å². The number of hydrazine groups is 1. The van der Waals surface area contributed by atoms with Gasteiger partial charge in [-0.1, -0.05) is 11.6 Å². The molecule has 0 bridgehead atoms. The molecule has 0 radical (unpaired) electrons. The molecule has 1 aliphatic rings. The molecule has 3 heterocycles. The fraction of sp³-hybridized carbons (Fsp3) is 0.333. The number of hydrogen-bond donors (Lipinski definition) is 2. The van der Waals surface area contributed by atoms with E-state index in [1.165, 1.54) is 11.8 Å². The van der Waals surface area contributed by atoms with E-state index in [9.17, 15) is 0 Å². The van der Waals surface area contributed by atoms with Crippen molar-refractivity contribution in [1.29, 1.82) is 0 Å². The van der Waals surface area contributed by atoms with E-state index in [1.807, 2.05) is 6.07 Å². The summed E-state index contributed by atoms with van der Waals surface area (Å²) in [6, 6.07) is 3.60. The molecular formula is C12H14ClN7S. The van der Waals surface area contributed by atoms with Crippen LogP contribution in [0.1, 0.15) is 12.8 Å². The fourth-order valence-corrected chi connectivity index (χ4v) is 2.83. The molecule has 2 aromatic heterocycles. The predicted octanol–water partition coefficient (Wildman–Crippen LogP) is 1.96. The summed E-state index contributed by atoms with van der Waals surface area (Å²) in [6.45, 7) is 1.91. The molecule has 0 unspecified atom stereocenters. The van der Waals surface area contributed by atoms with Crippen LogP contribution < -0.4 is 16.2 Å². The third-order valence-electron chi connectivity index (χ3n) is 3.02. The molecule has 1 fully saturated rings. The highest BCUT2D eigenvalue weighted by atomic mass is 35.5. The Kier molecular flexibility index (Phi) is 4.37. The van der Waals surface area contributed by atoms with E-state index < -0.39 is 0 Å². The van der Waals surface area contributed by atoms with Crippen molar-refractivity contribution < 1.29 is 0 Å². The second kappa shape index (κ2) is 6.42. The van der Waals surface area contributed by atoms with Gasteiger partial charge in [-0.2, -0.15) is 15.0 Å². The van der Waals surface area contributed by atoms with E-state index >= 15 is 0 Å². The first-order valence-corrected chi connectivity index (χ1v) is 7.71. The Labute approximate surface area is 131 Å². The average molecular weight is 324 g/mol. The van der Waals surface area contributed by atoms with Gasteiger partial charge in [-0.15, -0.1) is 0 Å². The Morgan fingerprint density at radius 3 is 2.67 bits per heavy atom. The maximum atomic E-state index is 5.83. The van der Waals surface area contributed by atoms with Crippen LogP contribution in [0, 0.1) is 0 Å². The van der Waals surface area contributed by atoms with Crippen LogP contribution in [0.15, 0.2) is 28.5 Å². The van der Waals surface area contributed by atoms with E-state index in [0.29, 0.717) is 22.1 Å². The van der Waals surface area contributed by atoms with Crippen molar-refractivity contribution in [3.63, 3.8) is 0 Å². The van der Waals surface area contributed by atoms with Gasteiger partial charge in [0.15, 0.2) is 0 Å². The third-order valence-corrected chi connectivity index (χ3v) is 4.06. The molecule has 0 aliphatic carbocycles. The molecule has 0 aromatic carbocycles. The van der Waals surface area contributed by atoms with Crippen molar-refractivity contribution >= 4 is 35.3 Å². The molecule has 110 valence electrons. The van der Waals surface area contributed by atoms with Crippen LogP contribution in [0.2, 0.25) is 5.02 Å². The summed E-state index contributed by atoms with van der Waals surface area (Å²) in [6.07, 6.45) is 3.89. The average Bonchev–Trinajstić information content (AvgIpc) is 3.04. The van der Waals surface area contributed by atoms with Gasteiger partial charge in [0.05, 0.1) is 5.02 Å². The van der Waals surface area contributed by atoms with Gasteiger partial charge in [-0.3, -0.25) is 5.43 Å². The molecule has 0 atom stereocenters. The lowest BCUT2D eigenvalue weighted by Crippen LogP contribution is -2.22. The van der Waals surface area contributed by atoms with Crippen LogP contribution in [0.5, 0.6) is 0 Å². The van der Waals surface area contributed by atoms with Crippen LogP contribution in [0.25, 0.3) is 0 Å². The summed E-state index contributed by atoms with van der Waals surface area (Å²) in [4.78, 5) is 19.4. The standard InChI is InChI=1S/C12H14ClN7S/c13-8-3-4-9(15-7-8)21-12-17-10(19-14)16-11(18-12)20-5-1-2-6-20/h3-4,7H,1-2,5-6,14H2,(H,16,17,18,19). The summed E-state index contributed by atoms with van der Waals surface area (Å²) in [5.74, 6) is 6.43. The first kappa shape index (κ1) is 14.3. The third kappa shape index (κ3) is 3.52. The largest absolute Gasteiger partial charge is 0.341 e. The van der Waals surface area contributed by atoms with Crippen molar-refractivity contribution in [2.45, 2.75) is 23.0 Å². The van der Waals surface area contributed by atoms with E-state index in [4.69, 9.17) is 17.4 Å². The van der Waals surface area contributed by atoms with E-state index in [-0.39, 0.29) is 0 Å². The zero-order chi connectivity index (χ0) is 14.7. The molecule has 9 heteroatoms. The van der Waals surface area contributed by atoms with Gasteiger partial charge in [-0.05, 0) is 36.7 Å². The molecule has 0 saturated carbocycles. The zero-order valence-corrected chi connectivity index (χ0v) is 12.7. The fourth-order valence-electron chi connectivity index (χ4n) is 2.03. The Bertz CT molecular complexity index is 616. The molecule has 0 spiro atoms. The number of nitrogen functional groups attached to an aromatic ring is 1. The molecule has 1 saturated heterocycles. The van der Waals surface area contributed by atoms with Crippen LogP contribution in [0.3, 0.4) is 0 Å². The monoisotopic (exact) mass is 323 g/mol. The number of aromatic nitrogens is 4. The van der Waals surface area contributed by atoms with Crippen molar-refractivity contribution in [2.24, 2.45) is 5.84 Å². The first-order valence-electron chi connectivity index (χ1n) is 6.51. The maximum Gasteiger partial charge on any atom is 0.242 e. The lowest BCUT2D eigenvalue weighted by molar-refractivity contribution is 0.826. The molecule has 0 amide bonds. The van der Waals surface area contributed by atoms with E-state index in [2.05, 4.69) is 30.3 Å². The van der Waals surface area contributed by atoms with Crippen LogP contribution in [0.4, 0.5) is 11.9 Å². The molecule has 7 nitrogen and oxygen atoms in total. The smallest absolute Gasteiger partial charge is 0.242 e. The number of pyridine rings is 1. The summed E-state index contributed by atoms with van der Waals surface area (Å²) in [5, 5.41) is 1.91. The SMILES string of the molecule is NNc1nc(Sc2ccc(Cl)cn2)nc(N2CCCC2)n1. The number of halogens is 1. The number of nitrogens with zero attached hydrogens (tertiary/aromatic N) is 5. The quantitative estimate of drug-likeness (QED) is 0.651. The Morgan fingerprint density at radius 1 is 1.19 bits per heavy atom. The molecule has 2 aromatic rings. The Morgan fingerprint density at radius 2 is 2.00 bits per heavy atom. The van der Waals surface area contributed by atoms with Gasteiger partial charge in [-0.25, -0.2) is 10.8 Å². The minimum atomic E-state index is 0.350. The maximum absolute atomic E-state index is 5.83. The normalized spacial score (nSPS) is 14.5. The molecule has 21 heavy (non-hydrogen) atoms. The van der Waals surface area contributed by atoms with Gasteiger partial charge in [0.2, 0.25) is 17.1 Å². The molecule has 3 rings (SSSR count). The number of anilines is 2. The molecule has 1 aliphatic heterocycles. The number of rotatable bonds is 4. The minimum Gasteiger partial charge on any atom is -0.341 e. The Balaban J connectivity index is 1.86. The zero-order valence-electron chi connectivity index (χ0n) is 11.2. The van der Waals surface area contributed by atoms with Gasteiger partial charge >= 0.3 is 0 Å². The number of hydrogen-bond acceptors (Lipinski definition) is 8. The van der Waals surface area contributed by atoms with Crippen molar-refractivity contribution in [1.82, 2.24) is 19.9 Å². The summed E-state index contributed by atoms with van der Waals surface area (Å²) >= 11 is 7.17. The van der Waals surface area contributed by atoms with Crippen molar-refractivity contribution in [2.75, 3.05) is 23.4 Å². The molecular weight excluding hydrogens is 310 g/mol. The summed E-state index contributed by atoms with van der Waals surface area (Å²) in [5.41, 5.74) is 2.48. The lowest BCUT2D eigenvalue weighted by atomic mass is 10.4. The predicted molar refractivity (Wildman–Crippen MR) is 82.5 cm³/mol. The highest BCUT2D eigenvalue weighted by Gasteiger charge is 2.17. The highest BCUT2D eigenvalue weighted by molar-refractivity contribution is 7.99. The van der Waals surface area contributed by atoms with Crippen molar-refractivity contribution in [3.8, 4) is 0 Å². The Hall–Kier alpha value is -1.64. The second-order valence-electron chi connectivity index (χ2n) is 4.50. The topological polar surface area (TPSA) is 92.8 Å².